The van der Waals surface area contributed by atoms with Crippen molar-refractivity contribution in [2.45, 2.75) is 12.8 Å². The van der Waals surface area contributed by atoms with Crippen molar-refractivity contribution in [1.29, 1.82) is 0 Å². The van der Waals surface area contributed by atoms with E-state index in [0.717, 1.165) is 12.3 Å². The molecule has 0 aliphatic carbocycles. The fourth-order valence-electron chi connectivity index (χ4n) is 2.31. The fourth-order valence-corrected chi connectivity index (χ4v) is 3.23. The second-order valence-electron chi connectivity index (χ2n) is 5.17. The van der Waals surface area contributed by atoms with E-state index in [0.29, 0.717) is 25.5 Å². The molecule has 22 heavy (non-hydrogen) atoms. The molecule has 0 bridgehead atoms. The third kappa shape index (κ3) is 3.58. The van der Waals surface area contributed by atoms with Crippen LogP contribution < -0.4 is 5.32 Å². The highest BCUT2D eigenvalue weighted by molar-refractivity contribution is 7.88. The lowest BCUT2D eigenvalue weighted by atomic mass is 9.98. The molecule has 1 N–H and O–H groups in total. The van der Waals surface area contributed by atoms with Crippen LogP contribution in [-0.4, -0.2) is 38.0 Å². The van der Waals surface area contributed by atoms with Gasteiger partial charge < -0.3 is 5.32 Å². The van der Waals surface area contributed by atoms with Gasteiger partial charge in [0.2, 0.25) is 15.9 Å². The van der Waals surface area contributed by atoms with Crippen LogP contribution in [0.15, 0.2) is 12.1 Å². The van der Waals surface area contributed by atoms with Crippen molar-refractivity contribution in [2.24, 2.45) is 5.92 Å². The van der Waals surface area contributed by atoms with Crippen LogP contribution in [0.25, 0.3) is 0 Å². The van der Waals surface area contributed by atoms with E-state index in [2.05, 4.69) is 5.32 Å². The Morgan fingerprint density at radius 3 is 2.59 bits per heavy atom. The summed E-state index contributed by atoms with van der Waals surface area (Å²) < 4.78 is 63.6. The maximum atomic E-state index is 13.5. The molecule has 0 saturated carbocycles. The highest BCUT2D eigenvalue weighted by Crippen LogP contribution is 2.23. The topological polar surface area (TPSA) is 66.5 Å². The third-order valence-electron chi connectivity index (χ3n) is 3.52. The Kier molecular flexibility index (Phi) is 4.76. The summed E-state index contributed by atoms with van der Waals surface area (Å²) in [7, 11) is -3.42. The molecule has 1 aromatic rings. The number of hydrogen-bond acceptors (Lipinski definition) is 3. The Morgan fingerprint density at radius 2 is 1.95 bits per heavy atom. The highest BCUT2D eigenvalue weighted by atomic mass is 32.2. The van der Waals surface area contributed by atoms with Gasteiger partial charge in [-0.2, -0.15) is 0 Å². The van der Waals surface area contributed by atoms with Crippen molar-refractivity contribution in [3.8, 4) is 0 Å². The summed E-state index contributed by atoms with van der Waals surface area (Å²) >= 11 is 0. The normalized spacial score (nSPS) is 19.9. The second kappa shape index (κ2) is 6.25. The van der Waals surface area contributed by atoms with E-state index in [1.807, 2.05) is 0 Å². The lowest BCUT2D eigenvalue weighted by Gasteiger charge is -2.30. The van der Waals surface area contributed by atoms with Gasteiger partial charge in [-0.3, -0.25) is 4.79 Å². The van der Waals surface area contributed by atoms with E-state index in [4.69, 9.17) is 0 Å². The fraction of sp³-hybridized carbons (Fsp3) is 0.462. The van der Waals surface area contributed by atoms with Crippen LogP contribution in [0.5, 0.6) is 0 Å². The molecule has 0 unspecified atom stereocenters. The number of hydrogen-bond donors (Lipinski definition) is 1. The minimum atomic E-state index is -3.42. The zero-order valence-corrected chi connectivity index (χ0v) is 12.6. The largest absolute Gasteiger partial charge is 0.323 e. The quantitative estimate of drug-likeness (QED) is 0.855. The van der Waals surface area contributed by atoms with Gasteiger partial charge in [0, 0.05) is 13.1 Å². The predicted molar refractivity (Wildman–Crippen MR) is 74.1 cm³/mol. The number of piperidine rings is 1. The first-order chi connectivity index (χ1) is 10.2. The SMILES string of the molecule is CS(=O)(=O)N1CCC[C@H](C(=O)Nc2ccc(F)c(F)c2F)C1. The number of benzene rings is 1. The van der Waals surface area contributed by atoms with Crippen molar-refractivity contribution in [3.05, 3.63) is 29.6 Å². The van der Waals surface area contributed by atoms with Gasteiger partial charge in [-0.15, -0.1) is 0 Å². The van der Waals surface area contributed by atoms with E-state index in [1.54, 1.807) is 0 Å². The van der Waals surface area contributed by atoms with Crippen LogP contribution in [0.1, 0.15) is 12.8 Å². The van der Waals surface area contributed by atoms with Crippen LogP contribution in [0, 0.1) is 23.4 Å². The molecule has 0 spiro atoms. The predicted octanol–water partition coefficient (Wildman–Crippen LogP) is 1.71. The van der Waals surface area contributed by atoms with Gasteiger partial charge in [-0.25, -0.2) is 25.9 Å². The second-order valence-corrected chi connectivity index (χ2v) is 7.15. The molecule has 0 radical (unpaired) electrons. The molecule has 9 heteroatoms. The van der Waals surface area contributed by atoms with Crippen LogP contribution in [0.4, 0.5) is 18.9 Å². The lowest BCUT2D eigenvalue weighted by molar-refractivity contribution is -0.120. The summed E-state index contributed by atoms with van der Waals surface area (Å²) in [5.74, 6) is -5.80. The summed E-state index contributed by atoms with van der Waals surface area (Å²) in [6, 6.07) is 1.63. The van der Waals surface area contributed by atoms with Gasteiger partial charge in [-0.05, 0) is 25.0 Å². The summed E-state index contributed by atoms with van der Waals surface area (Å²) in [6.45, 7) is 0.304. The van der Waals surface area contributed by atoms with Crippen molar-refractivity contribution in [2.75, 3.05) is 24.7 Å². The molecule has 1 aliphatic heterocycles. The minimum Gasteiger partial charge on any atom is -0.323 e. The molecular formula is C13H15F3N2O3S. The average Bonchev–Trinajstić information content (AvgIpc) is 2.47. The van der Waals surface area contributed by atoms with E-state index in [9.17, 15) is 26.4 Å². The average molecular weight is 336 g/mol. The maximum Gasteiger partial charge on any atom is 0.228 e. The molecule has 2 rings (SSSR count). The smallest absolute Gasteiger partial charge is 0.228 e. The molecule has 1 heterocycles. The van der Waals surface area contributed by atoms with Crippen molar-refractivity contribution >= 4 is 21.6 Å². The van der Waals surface area contributed by atoms with Crippen LogP contribution in [0.3, 0.4) is 0 Å². The first-order valence-corrected chi connectivity index (χ1v) is 8.44. The van der Waals surface area contributed by atoms with Gasteiger partial charge in [0.25, 0.3) is 0 Å². The van der Waals surface area contributed by atoms with Crippen LogP contribution in [0.2, 0.25) is 0 Å². The van der Waals surface area contributed by atoms with Crippen molar-refractivity contribution in [3.63, 3.8) is 0 Å². The van der Waals surface area contributed by atoms with Crippen molar-refractivity contribution in [1.82, 2.24) is 4.31 Å². The highest BCUT2D eigenvalue weighted by Gasteiger charge is 2.30. The molecule has 1 fully saturated rings. The summed E-state index contributed by atoms with van der Waals surface area (Å²) in [6.07, 6.45) is 1.97. The number of rotatable bonds is 3. The molecule has 5 nitrogen and oxygen atoms in total. The molecule has 0 aromatic heterocycles. The zero-order valence-electron chi connectivity index (χ0n) is 11.8. The van der Waals surface area contributed by atoms with Crippen molar-refractivity contribution < 1.29 is 26.4 Å². The lowest BCUT2D eigenvalue weighted by Crippen LogP contribution is -2.43. The molecular weight excluding hydrogens is 321 g/mol. The first kappa shape index (κ1) is 16.8. The van der Waals surface area contributed by atoms with Gasteiger partial charge in [-0.1, -0.05) is 0 Å². The number of sulfonamides is 1. The Labute approximate surface area is 126 Å². The summed E-state index contributed by atoms with van der Waals surface area (Å²) in [4.78, 5) is 12.1. The molecule has 1 aliphatic rings. The van der Waals surface area contributed by atoms with Gasteiger partial charge >= 0.3 is 0 Å². The van der Waals surface area contributed by atoms with Crippen LogP contribution >= 0.6 is 0 Å². The van der Waals surface area contributed by atoms with E-state index in [-0.39, 0.29) is 6.54 Å². The van der Waals surface area contributed by atoms with Gasteiger partial charge in [0.05, 0.1) is 17.9 Å². The number of nitrogens with zero attached hydrogens (tertiary/aromatic N) is 1. The number of carbonyl (C=O) groups excluding carboxylic acids is 1. The van der Waals surface area contributed by atoms with E-state index in [1.165, 1.54) is 4.31 Å². The number of carbonyl (C=O) groups is 1. The molecule has 1 saturated heterocycles. The summed E-state index contributed by atoms with van der Waals surface area (Å²) in [5.41, 5.74) is -0.472. The number of amides is 1. The van der Waals surface area contributed by atoms with E-state index >= 15 is 0 Å². The number of halogens is 3. The Hall–Kier alpha value is -1.61. The minimum absolute atomic E-state index is 0.0179. The molecule has 122 valence electrons. The van der Waals surface area contributed by atoms with Gasteiger partial charge in [0.1, 0.15) is 0 Å². The van der Waals surface area contributed by atoms with Gasteiger partial charge in [0.15, 0.2) is 17.5 Å². The molecule has 1 amide bonds. The Balaban J connectivity index is 2.11. The number of anilines is 1. The zero-order chi connectivity index (χ0) is 16.5. The standard InChI is InChI=1S/C13H15F3N2O3S/c1-22(20,21)18-6-2-3-8(7-18)13(19)17-10-5-4-9(14)11(15)12(10)16/h4-5,8H,2-3,6-7H2,1H3,(H,17,19)/t8-/m0/s1. The van der Waals surface area contributed by atoms with Crippen LogP contribution in [-0.2, 0) is 14.8 Å². The van der Waals surface area contributed by atoms with E-state index < -0.39 is 45.0 Å². The first-order valence-electron chi connectivity index (χ1n) is 6.59. The maximum absolute atomic E-state index is 13.5. The third-order valence-corrected chi connectivity index (χ3v) is 4.79. The monoisotopic (exact) mass is 336 g/mol. The Bertz CT molecular complexity index is 694. The molecule has 1 aromatic carbocycles. The number of nitrogens with one attached hydrogen (secondary N) is 1. The Morgan fingerprint density at radius 1 is 1.27 bits per heavy atom. The molecule has 1 atom stereocenters. The summed E-state index contributed by atoms with van der Waals surface area (Å²) in [5, 5.41) is 2.18.